The molecule has 1 aliphatic heterocycles. The Morgan fingerprint density at radius 1 is 1.17 bits per heavy atom. The van der Waals surface area contributed by atoms with Crippen molar-refractivity contribution in [2.75, 3.05) is 26.8 Å². The molecule has 0 saturated carbocycles. The first kappa shape index (κ1) is 18.8. The van der Waals surface area contributed by atoms with Crippen molar-refractivity contribution in [1.82, 2.24) is 4.90 Å². The first-order valence-electron chi connectivity index (χ1n) is 8.94. The van der Waals surface area contributed by atoms with Gasteiger partial charge in [-0.1, -0.05) is 32.9 Å². The van der Waals surface area contributed by atoms with E-state index in [1.54, 1.807) is 7.11 Å². The highest BCUT2D eigenvalue weighted by molar-refractivity contribution is 5.76. The Labute approximate surface area is 146 Å². The molecule has 1 heterocycles. The summed E-state index contributed by atoms with van der Waals surface area (Å²) < 4.78 is 11.1. The quantitative estimate of drug-likeness (QED) is 0.744. The van der Waals surface area contributed by atoms with Crippen LogP contribution in [0, 0.1) is 0 Å². The molecule has 0 atom stereocenters. The first-order valence-corrected chi connectivity index (χ1v) is 8.94. The molecule has 1 aromatic rings. The third-order valence-electron chi connectivity index (χ3n) is 4.65. The molecule has 1 saturated heterocycles. The van der Waals surface area contributed by atoms with Crippen molar-refractivity contribution in [3.8, 4) is 5.75 Å². The van der Waals surface area contributed by atoms with Crippen molar-refractivity contribution in [2.45, 2.75) is 58.0 Å². The third-order valence-corrected chi connectivity index (χ3v) is 4.65. The number of benzene rings is 1. The highest BCUT2D eigenvalue weighted by Crippen LogP contribution is 2.24. The fraction of sp³-hybridized carbons (Fsp3) is 0.650. The van der Waals surface area contributed by atoms with Gasteiger partial charge in [0.2, 0.25) is 5.91 Å². The van der Waals surface area contributed by atoms with Crippen LogP contribution in [-0.2, 0) is 14.9 Å². The number of amides is 1. The van der Waals surface area contributed by atoms with E-state index in [0.717, 1.165) is 38.1 Å². The Morgan fingerprint density at radius 3 is 2.33 bits per heavy atom. The minimum absolute atomic E-state index is 0.154. The van der Waals surface area contributed by atoms with Gasteiger partial charge in [-0.2, -0.15) is 0 Å². The number of ether oxygens (including phenoxy) is 2. The van der Waals surface area contributed by atoms with E-state index in [0.29, 0.717) is 19.1 Å². The second-order valence-corrected chi connectivity index (χ2v) is 7.54. The summed E-state index contributed by atoms with van der Waals surface area (Å²) in [6.45, 7) is 8.80. The Hall–Kier alpha value is -1.55. The predicted molar refractivity (Wildman–Crippen MR) is 96.5 cm³/mol. The van der Waals surface area contributed by atoms with E-state index in [-0.39, 0.29) is 11.3 Å². The first-order chi connectivity index (χ1) is 11.4. The largest absolute Gasteiger partial charge is 0.494 e. The van der Waals surface area contributed by atoms with Crippen molar-refractivity contribution in [3.63, 3.8) is 0 Å². The van der Waals surface area contributed by atoms with E-state index in [1.807, 2.05) is 17.0 Å². The lowest BCUT2D eigenvalue weighted by molar-refractivity contribution is -0.133. The van der Waals surface area contributed by atoms with E-state index in [1.165, 1.54) is 5.56 Å². The smallest absolute Gasteiger partial charge is 0.222 e. The van der Waals surface area contributed by atoms with Gasteiger partial charge in [0, 0.05) is 26.6 Å². The summed E-state index contributed by atoms with van der Waals surface area (Å²) in [7, 11) is 1.74. The molecule has 1 fully saturated rings. The van der Waals surface area contributed by atoms with Crippen LogP contribution < -0.4 is 4.74 Å². The number of carbonyl (C=O) groups excluding carboxylic acids is 1. The SMILES string of the molecule is COC1CCN(C(=O)CCCOc2ccc(C(C)(C)C)cc2)CC1. The fourth-order valence-corrected chi connectivity index (χ4v) is 2.96. The molecule has 4 heteroatoms. The topological polar surface area (TPSA) is 38.8 Å². The average Bonchev–Trinajstić information content (AvgIpc) is 2.58. The number of nitrogens with zero attached hydrogens (tertiary/aromatic N) is 1. The Kier molecular flexibility index (Phi) is 6.67. The Balaban J connectivity index is 1.67. The molecule has 0 bridgehead atoms. The van der Waals surface area contributed by atoms with Gasteiger partial charge in [0.1, 0.15) is 5.75 Å². The lowest BCUT2D eigenvalue weighted by Gasteiger charge is -2.31. The van der Waals surface area contributed by atoms with Gasteiger partial charge < -0.3 is 14.4 Å². The van der Waals surface area contributed by atoms with Crippen LogP contribution in [-0.4, -0.2) is 43.7 Å². The summed E-state index contributed by atoms with van der Waals surface area (Å²) in [5.74, 6) is 1.10. The van der Waals surface area contributed by atoms with Gasteiger partial charge in [0.15, 0.2) is 0 Å². The summed E-state index contributed by atoms with van der Waals surface area (Å²) in [4.78, 5) is 14.1. The molecular weight excluding hydrogens is 302 g/mol. The van der Waals surface area contributed by atoms with E-state index >= 15 is 0 Å². The van der Waals surface area contributed by atoms with Gasteiger partial charge in [-0.25, -0.2) is 0 Å². The van der Waals surface area contributed by atoms with Crippen LogP contribution in [0.5, 0.6) is 5.75 Å². The fourth-order valence-electron chi connectivity index (χ4n) is 2.96. The van der Waals surface area contributed by atoms with Crippen LogP contribution in [0.2, 0.25) is 0 Å². The van der Waals surface area contributed by atoms with Crippen LogP contribution in [0.1, 0.15) is 52.0 Å². The molecule has 0 spiro atoms. The van der Waals surface area contributed by atoms with Gasteiger partial charge in [-0.3, -0.25) is 4.79 Å². The van der Waals surface area contributed by atoms with Crippen LogP contribution in [0.4, 0.5) is 0 Å². The van der Waals surface area contributed by atoms with Crippen molar-refractivity contribution in [2.24, 2.45) is 0 Å². The number of hydrogen-bond donors (Lipinski definition) is 0. The van der Waals surface area contributed by atoms with Gasteiger partial charge in [-0.15, -0.1) is 0 Å². The van der Waals surface area contributed by atoms with Crippen molar-refractivity contribution in [3.05, 3.63) is 29.8 Å². The lowest BCUT2D eigenvalue weighted by atomic mass is 9.87. The van der Waals surface area contributed by atoms with Gasteiger partial charge in [0.25, 0.3) is 0 Å². The molecule has 24 heavy (non-hydrogen) atoms. The van der Waals surface area contributed by atoms with E-state index < -0.39 is 0 Å². The molecule has 2 rings (SSSR count). The zero-order chi connectivity index (χ0) is 17.6. The molecule has 0 N–H and O–H groups in total. The van der Waals surface area contributed by atoms with Crippen molar-refractivity contribution in [1.29, 1.82) is 0 Å². The Morgan fingerprint density at radius 2 is 1.79 bits per heavy atom. The highest BCUT2D eigenvalue weighted by Gasteiger charge is 2.22. The number of rotatable bonds is 6. The van der Waals surface area contributed by atoms with Gasteiger partial charge >= 0.3 is 0 Å². The summed E-state index contributed by atoms with van der Waals surface area (Å²) in [5.41, 5.74) is 1.45. The molecule has 1 aromatic carbocycles. The zero-order valence-corrected chi connectivity index (χ0v) is 15.5. The second-order valence-electron chi connectivity index (χ2n) is 7.54. The van der Waals surface area contributed by atoms with Crippen LogP contribution >= 0.6 is 0 Å². The number of methoxy groups -OCH3 is 1. The standard InChI is InChI=1S/C20H31NO3/c1-20(2,3)16-7-9-18(10-8-16)24-15-5-6-19(22)21-13-11-17(23-4)12-14-21/h7-10,17H,5-6,11-15H2,1-4H3. The molecule has 0 aromatic heterocycles. The highest BCUT2D eigenvalue weighted by atomic mass is 16.5. The maximum absolute atomic E-state index is 12.2. The normalized spacial score (nSPS) is 16.2. The minimum Gasteiger partial charge on any atom is -0.494 e. The van der Waals surface area contributed by atoms with E-state index in [2.05, 4.69) is 32.9 Å². The van der Waals surface area contributed by atoms with Crippen LogP contribution in [0.3, 0.4) is 0 Å². The lowest BCUT2D eigenvalue weighted by Crippen LogP contribution is -2.40. The second kappa shape index (κ2) is 8.52. The number of piperidine rings is 1. The number of likely N-dealkylation sites (tertiary alicyclic amines) is 1. The van der Waals surface area contributed by atoms with E-state index in [4.69, 9.17) is 9.47 Å². The predicted octanol–water partition coefficient (Wildman–Crippen LogP) is 3.78. The molecule has 1 amide bonds. The van der Waals surface area contributed by atoms with Crippen LogP contribution in [0.15, 0.2) is 24.3 Å². The Bertz CT molecular complexity index is 511. The van der Waals surface area contributed by atoms with Crippen LogP contribution in [0.25, 0.3) is 0 Å². The summed E-state index contributed by atoms with van der Waals surface area (Å²) in [6, 6.07) is 8.25. The molecule has 0 aliphatic carbocycles. The van der Waals surface area contributed by atoms with E-state index in [9.17, 15) is 4.79 Å². The molecule has 0 unspecified atom stereocenters. The molecule has 1 aliphatic rings. The molecule has 134 valence electrons. The monoisotopic (exact) mass is 333 g/mol. The summed E-state index contributed by atoms with van der Waals surface area (Å²) in [6.07, 6.45) is 3.51. The minimum atomic E-state index is 0.154. The summed E-state index contributed by atoms with van der Waals surface area (Å²) in [5, 5.41) is 0. The molecule has 4 nitrogen and oxygen atoms in total. The number of hydrogen-bond acceptors (Lipinski definition) is 3. The van der Waals surface area contributed by atoms with Crippen molar-refractivity contribution >= 4 is 5.91 Å². The van der Waals surface area contributed by atoms with Crippen molar-refractivity contribution < 1.29 is 14.3 Å². The molecular formula is C20H31NO3. The molecule has 0 radical (unpaired) electrons. The van der Waals surface area contributed by atoms with Gasteiger partial charge in [0.05, 0.1) is 12.7 Å². The average molecular weight is 333 g/mol. The number of carbonyl (C=O) groups is 1. The maximum Gasteiger partial charge on any atom is 0.222 e. The zero-order valence-electron chi connectivity index (χ0n) is 15.5. The van der Waals surface area contributed by atoms with Gasteiger partial charge in [-0.05, 0) is 42.4 Å². The third kappa shape index (κ3) is 5.52. The summed E-state index contributed by atoms with van der Waals surface area (Å²) >= 11 is 0. The maximum atomic E-state index is 12.2.